The number of fused-ring (bicyclic) bond motifs is 1. The van der Waals surface area contributed by atoms with Crippen molar-refractivity contribution in [2.24, 2.45) is 0 Å². The highest BCUT2D eigenvalue weighted by molar-refractivity contribution is 6.31. The number of benzene rings is 2. The van der Waals surface area contributed by atoms with Gasteiger partial charge < -0.3 is 10.3 Å². The fourth-order valence-corrected chi connectivity index (χ4v) is 2.85. The van der Waals surface area contributed by atoms with Gasteiger partial charge in [-0.15, -0.1) is 0 Å². The van der Waals surface area contributed by atoms with E-state index in [1.807, 2.05) is 31.2 Å². The Bertz CT molecular complexity index is 1070. The van der Waals surface area contributed by atoms with E-state index in [2.05, 4.69) is 26.3 Å². The van der Waals surface area contributed by atoms with Crippen LogP contribution in [0.3, 0.4) is 0 Å². The van der Waals surface area contributed by atoms with E-state index in [1.165, 1.54) is 12.1 Å². The molecular weight excluding hydrogens is 339 g/mol. The second kappa shape index (κ2) is 6.18. The molecule has 4 rings (SSSR count). The van der Waals surface area contributed by atoms with Crippen LogP contribution in [0.15, 0.2) is 54.7 Å². The largest absolute Gasteiger partial charge is 0.338 e. The van der Waals surface area contributed by atoms with Gasteiger partial charge in [0, 0.05) is 17.4 Å². The monoisotopic (exact) mass is 352 g/mol. The molecule has 6 heteroatoms. The molecule has 0 spiro atoms. The predicted octanol–water partition coefficient (Wildman–Crippen LogP) is 5.47. The molecule has 0 saturated carbocycles. The van der Waals surface area contributed by atoms with Gasteiger partial charge in [0.2, 0.25) is 0 Å². The molecule has 25 heavy (non-hydrogen) atoms. The van der Waals surface area contributed by atoms with Gasteiger partial charge in [-0.05, 0) is 37.3 Å². The van der Waals surface area contributed by atoms with Crippen LogP contribution in [0.25, 0.3) is 22.4 Å². The second-order valence-corrected chi connectivity index (χ2v) is 6.17. The van der Waals surface area contributed by atoms with Crippen LogP contribution in [0.1, 0.15) is 5.56 Å². The van der Waals surface area contributed by atoms with E-state index in [0.29, 0.717) is 17.0 Å². The summed E-state index contributed by atoms with van der Waals surface area (Å²) in [6, 6.07) is 14.4. The summed E-state index contributed by atoms with van der Waals surface area (Å²) in [5, 5.41) is 3.20. The van der Waals surface area contributed by atoms with Crippen molar-refractivity contribution in [3.63, 3.8) is 0 Å². The number of nitrogens with one attached hydrogen (secondary N) is 2. The van der Waals surface area contributed by atoms with Crippen molar-refractivity contribution in [1.29, 1.82) is 0 Å². The summed E-state index contributed by atoms with van der Waals surface area (Å²) in [5.74, 6) is 0.891. The van der Waals surface area contributed by atoms with Gasteiger partial charge in [0.25, 0.3) is 0 Å². The van der Waals surface area contributed by atoms with Gasteiger partial charge in [-0.1, -0.05) is 35.4 Å². The minimum atomic E-state index is -0.458. The standard InChI is InChI=1S/C19H14ClFN4/c1-11-3-2-4-12(9-11)18-24-16-7-8-22-19(17(16)25-18)23-13-5-6-15(21)14(20)10-13/h2-10H,1H3,(H,22,23)(H,24,25). The fraction of sp³-hybridized carbons (Fsp3) is 0.0526. The van der Waals surface area contributed by atoms with Crippen molar-refractivity contribution >= 4 is 34.1 Å². The fourth-order valence-electron chi connectivity index (χ4n) is 2.67. The lowest BCUT2D eigenvalue weighted by Crippen LogP contribution is -1.95. The number of nitrogens with zero attached hydrogens (tertiary/aromatic N) is 2. The molecule has 0 aliphatic rings. The Morgan fingerprint density at radius 1 is 1.12 bits per heavy atom. The molecule has 4 nitrogen and oxygen atoms in total. The summed E-state index contributed by atoms with van der Waals surface area (Å²) < 4.78 is 13.3. The Labute approximate surface area is 148 Å². The van der Waals surface area contributed by atoms with Gasteiger partial charge in [0.1, 0.15) is 17.2 Å². The Morgan fingerprint density at radius 2 is 2.00 bits per heavy atom. The minimum absolute atomic E-state index is 0.0552. The van der Waals surface area contributed by atoms with Crippen LogP contribution >= 0.6 is 11.6 Å². The second-order valence-electron chi connectivity index (χ2n) is 5.76. The van der Waals surface area contributed by atoms with Crippen molar-refractivity contribution in [3.8, 4) is 11.4 Å². The number of hydrogen-bond donors (Lipinski definition) is 2. The minimum Gasteiger partial charge on any atom is -0.338 e. The van der Waals surface area contributed by atoms with Crippen molar-refractivity contribution in [2.45, 2.75) is 6.92 Å². The molecule has 2 aromatic heterocycles. The third kappa shape index (κ3) is 3.06. The highest BCUT2D eigenvalue weighted by Gasteiger charge is 2.11. The molecule has 0 amide bonds. The molecule has 2 N–H and O–H groups in total. The maximum Gasteiger partial charge on any atom is 0.158 e. The smallest absolute Gasteiger partial charge is 0.158 e. The van der Waals surface area contributed by atoms with Crippen molar-refractivity contribution in [2.75, 3.05) is 5.32 Å². The molecule has 124 valence electrons. The van der Waals surface area contributed by atoms with E-state index < -0.39 is 5.82 Å². The Morgan fingerprint density at radius 3 is 2.80 bits per heavy atom. The molecule has 4 aromatic rings. The molecule has 2 aromatic carbocycles. The van der Waals surface area contributed by atoms with Crippen molar-refractivity contribution in [3.05, 3.63) is 71.1 Å². The van der Waals surface area contributed by atoms with E-state index in [1.54, 1.807) is 12.3 Å². The number of hydrogen-bond acceptors (Lipinski definition) is 3. The molecule has 0 atom stereocenters. The molecule has 0 aliphatic heterocycles. The number of anilines is 2. The van der Waals surface area contributed by atoms with Gasteiger partial charge in [0.05, 0.1) is 10.5 Å². The number of pyridine rings is 1. The first-order valence-electron chi connectivity index (χ1n) is 7.74. The first kappa shape index (κ1) is 15.6. The van der Waals surface area contributed by atoms with Crippen LogP contribution < -0.4 is 5.32 Å². The molecule has 0 saturated heterocycles. The zero-order valence-corrected chi connectivity index (χ0v) is 14.1. The van der Waals surface area contributed by atoms with E-state index >= 15 is 0 Å². The zero-order valence-electron chi connectivity index (χ0n) is 13.3. The third-order valence-electron chi connectivity index (χ3n) is 3.87. The SMILES string of the molecule is Cc1cccc(-c2nc3c(Nc4ccc(F)c(Cl)c4)nccc3[nH]2)c1. The Kier molecular flexibility index (Phi) is 3.86. The third-order valence-corrected chi connectivity index (χ3v) is 4.16. The molecule has 0 unspecified atom stereocenters. The topological polar surface area (TPSA) is 53.6 Å². The Hall–Kier alpha value is -2.92. The lowest BCUT2D eigenvalue weighted by molar-refractivity contribution is 0.628. The molecule has 0 radical (unpaired) electrons. The van der Waals surface area contributed by atoms with Crippen LogP contribution in [-0.4, -0.2) is 15.0 Å². The normalized spacial score (nSPS) is 11.0. The van der Waals surface area contributed by atoms with Gasteiger partial charge >= 0.3 is 0 Å². The van der Waals surface area contributed by atoms with Crippen LogP contribution in [-0.2, 0) is 0 Å². The van der Waals surface area contributed by atoms with Crippen LogP contribution in [0.4, 0.5) is 15.9 Å². The van der Waals surface area contributed by atoms with Gasteiger partial charge in [-0.2, -0.15) is 0 Å². The number of aryl methyl sites for hydroxylation is 1. The molecular formula is C19H14ClFN4. The summed E-state index contributed by atoms with van der Waals surface area (Å²) >= 11 is 5.84. The highest BCUT2D eigenvalue weighted by Crippen LogP contribution is 2.28. The Balaban J connectivity index is 1.76. The summed E-state index contributed by atoms with van der Waals surface area (Å²) in [5.41, 5.74) is 4.38. The van der Waals surface area contributed by atoms with Crippen LogP contribution in [0.2, 0.25) is 5.02 Å². The first-order chi connectivity index (χ1) is 12.1. The number of rotatable bonds is 3. The maximum atomic E-state index is 13.3. The van der Waals surface area contributed by atoms with Crippen molar-refractivity contribution < 1.29 is 4.39 Å². The lowest BCUT2D eigenvalue weighted by atomic mass is 10.1. The van der Waals surface area contributed by atoms with Gasteiger partial charge in [-0.3, -0.25) is 0 Å². The number of imidazole rings is 1. The predicted molar refractivity (Wildman–Crippen MR) is 98.8 cm³/mol. The summed E-state index contributed by atoms with van der Waals surface area (Å²) in [4.78, 5) is 12.3. The number of H-pyrrole nitrogens is 1. The quantitative estimate of drug-likeness (QED) is 0.514. The average molecular weight is 353 g/mol. The van der Waals surface area contributed by atoms with E-state index in [-0.39, 0.29) is 5.02 Å². The van der Waals surface area contributed by atoms with E-state index in [9.17, 15) is 4.39 Å². The van der Waals surface area contributed by atoms with Crippen molar-refractivity contribution in [1.82, 2.24) is 15.0 Å². The van der Waals surface area contributed by atoms with Gasteiger partial charge in [-0.25, -0.2) is 14.4 Å². The highest BCUT2D eigenvalue weighted by atomic mass is 35.5. The molecule has 0 fully saturated rings. The number of halogens is 2. The summed E-state index contributed by atoms with van der Waals surface area (Å²) in [6.45, 7) is 2.04. The zero-order chi connectivity index (χ0) is 17.4. The summed E-state index contributed by atoms with van der Waals surface area (Å²) in [6.07, 6.45) is 1.69. The average Bonchev–Trinajstić information content (AvgIpc) is 3.04. The number of aromatic amines is 1. The summed E-state index contributed by atoms with van der Waals surface area (Å²) in [7, 11) is 0. The lowest BCUT2D eigenvalue weighted by Gasteiger charge is -2.06. The van der Waals surface area contributed by atoms with E-state index in [0.717, 1.165) is 22.5 Å². The van der Waals surface area contributed by atoms with Crippen LogP contribution in [0, 0.1) is 12.7 Å². The number of aromatic nitrogens is 3. The maximum absolute atomic E-state index is 13.3. The molecule has 2 heterocycles. The van der Waals surface area contributed by atoms with Crippen LogP contribution in [0.5, 0.6) is 0 Å². The molecule has 0 aliphatic carbocycles. The van der Waals surface area contributed by atoms with E-state index in [4.69, 9.17) is 11.6 Å². The van der Waals surface area contributed by atoms with Gasteiger partial charge in [0.15, 0.2) is 5.82 Å². The first-order valence-corrected chi connectivity index (χ1v) is 8.12. The molecule has 0 bridgehead atoms.